The highest BCUT2D eigenvalue weighted by atomic mass is 32.1. The van der Waals surface area contributed by atoms with Crippen molar-refractivity contribution in [2.75, 3.05) is 13.2 Å². The number of aromatic nitrogens is 2. The molecule has 2 aromatic heterocycles. The predicted octanol–water partition coefficient (Wildman–Crippen LogP) is 2.49. The van der Waals surface area contributed by atoms with Gasteiger partial charge in [0, 0.05) is 32.0 Å². The van der Waals surface area contributed by atoms with E-state index in [2.05, 4.69) is 10.1 Å². The van der Waals surface area contributed by atoms with E-state index in [1.807, 2.05) is 22.4 Å². The predicted molar refractivity (Wildman–Crippen MR) is 87.0 cm³/mol. The molecule has 1 unspecified atom stereocenters. The summed E-state index contributed by atoms with van der Waals surface area (Å²) in [6.45, 7) is 0.913. The van der Waals surface area contributed by atoms with Crippen LogP contribution in [-0.4, -0.2) is 45.2 Å². The number of nitrogens with zero attached hydrogens (tertiary/aromatic N) is 3. The number of rotatable bonds is 6. The molecule has 0 aromatic carbocycles. The molecule has 23 heavy (non-hydrogen) atoms. The van der Waals surface area contributed by atoms with Crippen LogP contribution in [0, 0.1) is 0 Å². The molecule has 1 amide bonds. The molecule has 3 heterocycles. The number of carbonyl (C=O) groups excluding carboxylic acids is 1. The van der Waals surface area contributed by atoms with E-state index in [0.717, 1.165) is 30.7 Å². The average Bonchev–Trinajstić information content (AvgIpc) is 3.24. The smallest absolute Gasteiger partial charge is 0.227 e. The summed E-state index contributed by atoms with van der Waals surface area (Å²) in [5.41, 5.74) is 0. The minimum atomic E-state index is 0.110. The Morgan fingerprint density at radius 2 is 2.39 bits per heavy atom. The number of carbonyl (C=O) groups is 1. The van der Waals surface area contributed by atoms with Crippen LogP contribution >= 0.6 is 11.3 Å². The number of piperidine rings is 1. The van der Waals surface area contributed by atoms with Crippen molar-refractivity contribution in [2.45, 2.75) is 44.6 Å². The quantitative estimate of drug-likeness (QED) is 0.877. The normalized spacial score (nSPS) is 18.3. The lowest BCUT2D eigenvalue weighted by Crippen LogP contribution is -2.44. The minimum Gasteiger partial charge on any atom is -0.396 e. The Balaban J connectivity index is 1.56. The van der Waals surface area contributed by atoms with E-state index in [0.29, 0.717) is 31.0 Å². The van der Waals surface area contributed by atoms with Crippen molar-refractivity contribution in [3.05, 3.63) is 23.4 Å². The SMILES string of the molecule is O=C(CCc1nc(-c2cccs2)no1)N1CCCCC1CCO. The molecule has 3 rings (SSSR count). The van der Waals surface area contributed by atoms with Gasteiger partial charge in [-0.25, -0.2) is 0 Å². The third-order valence-corrected chi connectivity index (χ3v) is 5.04. The van der Waals surface area contributed by atoms with Crippen LogP contribution in [0.1, 0.15) is 38.0 Å². The molecular weight excluding hydrogens is 314 g/mol. The molecule has 1 N–H and O–H groups in total. The summed E-state index contributed by atoms with van der Waals surface area (Å²) < 4.78 is 5.24. The highest BCUT2D eigenvalue weighted by Crippen LogP contribution is 2.23. The average molecular weight is 335 g/mol. The summed E-state index contributed by atoms with van der Waals surface area (Å²) in [6, 6.07) is 4.06. The van der Waals surface area contributed by atoms with Gasteiger partial charge in [0.05, 0.1) is 4.88 Å². The Morgan fingerprint density at radius 1 is 1.48 bits per heavy atom. The van der Waals surface area contributed by atoms with Gasteiger partial charge in [0.1, 0.15) is 0 Å². The third-order valence-electron chi connectivity index (χ3n) is 4.17. The first-order valence-electron chi connectivity index (χ1n) is 8.04. The summed E-state index contributed by atoms with van der Waals surface area (Å²) in [6.07, 6.45) is 4.64. The fourth-order valence-electron chi connectivity index (χ4n) is 3.00. The second-order valence-electron chi connectivity index (χ2n) is 5.74. The first-order valence-corrected chi connectivity index (χ1v) is 8.92. The van der Waals surface area contributed by atoms with Crippen LogP contribution < -0.4 is 0 Å². The molecule has 1 aliphatic heterocycles. The molecular formula is C16H21N3O3S. The second kappa shape index (κ2) is 7.70. The number of hydrogen-bond acceptors (Lipinski definition) is 6. The van der Waals surface area contributed by atoms with Gasteiger partial charge < -0.3 is 14.5 Å². The van der Waals surface area contributed by atoms with E-state index in [9.17, 15) is 4.79 Å². The van der Waals surface area contributed by atoms with Crippen molar-refractivity contribution in [2.24, 2.45) is 0 Å². The zero-order valence-corrected chi connectivity index (χ0v) is 13.8. The van der Waals surface area contributed by atoms with Crippen LogP contribution in [0.3, 0.4) is 0 Å². The van der Waals surface area contributed by atoms with Crippen LogP contribution in [-0.2, 0) is 11.2 Å². The summed E-state index contributed by atoms with van der Waals surface area (Å²) in [5.74, 6) is 1.19. The molecule has 1 saturated heterocycles. The Hall–Kier alpha value is -1.73. The van der Waals surface area contributed by atoms with Crippen LogP contribution in [0.25, 0.3) is 10.7 Å². The first kappa shape index (κ1) is 16.1. The number of aliphatic hydroxyl groups is 1. The van der Waals surface area contributed by atoms with Gasteiger partial charge in [-0.3, -0.25) is 4.79 Å². The van der Waals surface area contributed by atoms with Crippen molar-refractivity contribution >= 4 is 17.2 Å². The van der Waals surface area contributed by atoms with Gasteiger partial charge in [-0.15, -0.1) is 11.3 Å². The van der Waals surface area contributed by atoms with Crippen LogP contribution in [0.2, 0.25) is 0 Å². The summed E-state index contributed by atoms with van der Waals surface area (Å²) in [7, 11) is 0. The first-order chi connectivity index (χ1) is 11.3. The fourth-order valence-corrected chi connectivity index (χ4v) is 3.65. The topological polar surface area (TPSA) is 79.5 Å². The van der Waals surface area contributed by atoms with Gasteiger partial charge in [-0.1, -0.05) is 11.2 Å². The van der Waals surface area contributed by atoms with Crippen LogP contribution in [0.5, 0.6) is 0 Å². The van der Waals surface area contributed by atoms with Crippen LogP contribution in [0.4, 0.5) is 0 Å². The minimum absolute atomic E-state index is 0.110. The van der Waals surface area contributed by atoms with E-state index in [-0.39, 0.29) is 18.6 Å². The maximum absolute atomic E-state index is 12.4. The molecule has 0 spiro atoms. The Labute approximate surface area is 139 Å². The molecule has 1 aliphatic rings. The third kappa shape index (κ3) is 3.97. The number of aryl methyl sites for hydroxylation is 1. The summed E-state index contributed by atoms with van der Waals surface area (Å²) in [4.78, 5) is 19.7. The Morgan fingerprint density at radius 3 is 3.17 bits per heavy atom. The summed E-state index contributed by atoms with van der Waals surface area (Å²) in [5, 5.41) is 15.1. The molecule has 0 radical (unpaired) electrons. The van der Waals surface area contributed by atoms with E-state index in [1.165, 1.54) is 0 Å². The van der Waals surface area contributed by atoms with E-state index >= 15 is 0 Å². The standard InChI is InChI=1S/C16H21N3O3S/c20-10-8-12-4-1-2-9-19(12)15(21)7-6-14-17-16(18-22-14)13-5-3-11-23-13/h3,5,11-12,20H,1-2,4,6-10H2. The molecule has 1 fully saturated rings. The Bertz CT molecular complexity index is 624. The molecule has 124 valence electrons. The van der Waals surface area contributed by atoms with Crippen molar-refractivity contribution in [1.29, 1.82) is 0 Å². The highest BCUT2D eigenvalue weighted by Gasteiger charge is 2.26. The van der Waals surface area contributed by atoms with Crippen molar-refractivity contribution in [3.63, 3.8) is 0 Å². The largest absolute Gasteiger partial charge is 0.396 e. The maximum Gasteiger partial charge on any atom is 0.227 e. The van der Waals surface area contributed by atoms with Crippen molar-refractivity contribution in [3.8, 4) is 10.7 Å². The lowest BCUT2D eigenvalue weighted by molar-refractivity contribution is -0.135. The maximum atomic E-state index is 12.4. The van der Waals surface area contributed by atoms with Gasteiger partial charge in [-0.05, 0) is 37.1 Å². The fraction of sp³-hybridized carbons (Fsp3) is 0.562. The molecule has 0 saturated carbocycles. The highest BCUT2D eigenvalue weighted by molar-refractivity contribution is 7.13. The lowest BCUT2D eigenvalue weighted by Gasteiger charge is -2.35. The van der Waals surface area contributed by atoms with E-state index in [4.69, 9.17) is 9.63 Å². The van der Waals surface area contributed by atoms with Crippen molar-refractivity contribution in [1.82, 2.24) is 15.0 Å². The number of likely N-dealkylation sites (tertiary alicyclic amines) is 1. The van der Waals surface area contributed by atoms with Gasteiger partial charge in [-0.2, -0.15) is 4.98 Å². The van der Waals surface area contributed by atoms with Gasteiger partial charge in [0.2, 0.25) is 17.6 Å². The molecule has 7 heteroatoms. The monoisotopic (exact) mass is 335 g/mol. The van der Waals surface area contributed by atoms with E-state index in [1.54, 1.807) is 11.3 Å². The lowest BCUT2D eigenvalue weighted by atomic mass is 9.99. The van der Waals surface area contributed by atoms with Gasteiger partial charge in [0.15, 0.2) is 0 Å². The molecule has 1 atom stereocenters. The van der Waals surface area contributed by atoms with Gasteiger partial charge in [0.25, 0.3) is 0 Å². The second-order valence-corrected chi connectivity index (χ2v) is 6.69. The molecule has 6 nitrogen and oxygen atoms in total. The van der Waals surface area contributed by atoms with E-state index < -0.39 is 0 Å². The van der Waals surface area contributed by atoms with Gasteiger partial charge >= 0.3 is 0 Å². The molecule has 0 aliphatic carbocycles. The summed E-state index contributed by atoms with van der Waals surface area (Å²) >= 11 is 1.56. The van der Waals surface area contributed by atoms with Crippen LogP contribution in [0.15, 0.2) is 22.0 Å². The molecule has 0 bridgehead atoms. The Kier molecular flexibility index (Phi) is 5.40. The zero-order valence-electron chi connectivity index (χ0n) is 13.0. The molecule has 2 aromatic rings. The number of amides is 1. The number of aliphatic hydroxyl groups excluding tert-OH is 1. The zero-order chi connectivity index (χ0) is 16.1. The van der Waals surface area contributed by atoms with Crippen molar-refractivity contribution < 1.29 is 14.4 Å². The number of thiophene rings is 1. The number of hydrogen-bond donors (Lipinski definition) is 1.